The first-order chi connectivity index (χ1) is 8.61. The number of hydrogen-bond donors (Lipinski definition) is 1. The Balaban J connectivity index is 2.37. The molecule has 0 aliphatic rings. The third-order valence-corrected chi connectivity index (χ3v) is 2.59. The molecule has 6 heteroatoms. The zero-order valence-electron chi connectivity index (χ0n) is 9.98. The maximum atomic E-state index is 6.07. The molecule has 2 N–H and O–H groups in total. The van der Waals surface area contributed by atoms with E-state index in [9.17, 15) is 0 Å². The largest absolute Gasteiger partial charge is 0.489 e. The van der Waals surface area contributed by atoms with Crippen LogP contribution in [0.25, 0.3) is 0 Å². The summed E-state index contributed by atoms with van der Waals surface area (Å²) in [6, 6.07) is 5.45. The fraction of sp³-hybridized carbons (Fsp3) is 0.167. The molecule has 2 aromatic rings. The Kier molecular flexibility index (Phi) is 3.53. The smallest absolute Gasteiger partial charge is 0.268 e. The van der Waals surface area contributed by atoms with Gasteiger partial charge in [-0.05, 0) is 24.6 Å². The number of methoxy groups -OCH3 is 1. The van der Waals surface area contributed by atoms with Crippen LogP contribution in [0.5, 0.6) is 17.4 Å². The van der Waals surface area contributed by atoms with Crippen molar-refractivity contribution in [1.29, 1.82) is 0 Å². The van der Waals surface area contributed by atoms with E-state index in [0.29, 0.717) is 10.8 Å². The molecule has 1 heterocycles. The summed E-state index contributed by atoms with van der Waals surface area (Å²) < 4.78 is 10.7. The number of aryl methyl sites for hydroxylation is 1. The van der Waals surface area contributed by atoms with E-state index in [1.165, 1.54) is 13.4 Å². The zero-order chi connectivity index (χ0) is 13.1. The summed E-state index contributed by atoms with van der Waals surface area (Å²) in [5.41, 5.74) is 6.70. The lowest BCUT2D eigenvalue weighted by atomic mass is 10.2. The van der Waals surface area contributed by atoms with Crippen LogP contribution in [-0.2, 0) is 0 Å². The summed E-state index contributed by atoms with van der Waals surface area (Å²) >= 11 is 6.07. The van der Waals surface area contributed by atoms with Gasteiger partial charge in [-0.25, -0.2) is 4.98 Å². The van der Waals surface area contributed by atoms with Crippen molar-refractivity contribution >= 4 is 17.4 Å². The van der Waals surface area contributed by atoms with Crippen molar-refractivity contribution in [2.75, 3.05) is 12.8 Å². The van der Waals surface area contributed by atoms with E-state index in [1.54, 1.807) is 12.1 Å². The Bertz CT molecular complexity index is 575. The van der Waals surface area contributed by atoms with Crippen molar-refractivity contribution in [3.63, 3.8) is 0 Å². The van der Waals surface area contributed by atoms with Crippen LogP contribution >= 0.6 is 11.6 Å². The summed E-state index contributed by atoms with van der Waals surface area (Å²) in [5, 5.41) is 0.495. The fourth-order valence-corrected chi connectivity index (χ4v) is 1.70. The molecular weight excluding hydrogens is 254 g/mol. The number of anilines is 1. The maximum Gasteiger partial charge on any atom is 0.268 e. The minimum atomic E-state index is 0.214. The molecule has 0 aliphatic heterocycles. The number of hydrogen-bond acceptors (Lipinski definition) is 5. The van der Waals surface area contributed by atoms with Crippen LogP contribution in [0.15, 0.2) is 24.5 Å². The van der Waals surface area contributed by atoms with Crippen molar-refractivity contribution in [2.45, 2.75) is 6.92 Å². The van der Waals surface area contributed by atoms with Crippen LogP contribution < -0.4 is 15.2 Å². The van der Waals surface area contributed by atoms with Crippen molar-refractivity contribution < 1.29 is 9.47 Å². The molecule has 0 bridgehead atoms. The highest BCUT2D eigenvalue weighted by Gasteiger charge is 2.13. The van der Waals surface area contributed by atoms with E-state index >= 15 is 0 Å². The predicted octanol–water partition coefficient (Wildman–Crippen LogP) is 2.82. The lowest BCUT2D eigenvalue weighted by Gasteiger charge is -2.11. The first-order valence-electron chi connectivity index (χ1n) is 5.20. The lowest BCUT2D eigenvalue weighted by Crippen LogP contribution is -2.00. The van der Waals surface area contributed by atoms with Gasteiger partial charge >= 0.3 is 0 Å². The molecule has 18 heavy (non-hydrogen) atoms. The summed E-state index contributed by atoms with van der Waals surface area (Å²) in [6.45, 7) is 1.94. The van der Waals surface area contributed by atoms with Gasteiger partial charge in [-0.1, -0.05) is 17.7 Å². The number of nitrogens with two attached hydrogens (primary N) is 1. The van der Waals surface area contributed by atoms with E-state index in [1.807, 2.05) is 13.0 Å². The van der Waals surface area contributed by atoms with Gasteiger partial charge in [0.25, 0.3) is 5.88 Å². The van der Waals surface area contributed by atoms with E-state index in [4.69, 9.17) is 26.8 Å². The van der Waals surface area contributed by atoms with Crippen molar-refractivity contribution in [3.05, 3.63) is 35.1 Å². The van der Waals surface area contributed by atoms with E-state index in [0.717, 1.165) is 5.56 Å². The Hall–Kier alpha value is -2.01. The molecule has 0 atom stereocenters. The van der Waals surface area contributed by atoms with Gasteiger partial charge in [0, 0.05) is 0 Å². The topological polar surface area (TPSA) is 70.3 Å². The van der Waals surface area contributed by atoms with E-state index in [-0.39, 0.29) is 17.4 Å². The Morgan fingerprint density at radius 1 is 1.28 bits per heavy atom. The number of halogens is 1. The molecular formula is C12H12ClN3O2. The molecule has 1 aromatic carbocycles. The van der Waals surface area contributed by atoms with Gasteiger partial charge < -0.3 is 15.2 Å². The fourth-order valence-electron chi connectivity index (χ4n) is 1.43. The number of nitrogen functional groups attached to an aromatic ring is 1. The van der Waals surface area contributed by atoms with Crippen molar-refractivity contribution in [2.24, 2.45) is 0 Å². The van der Waals surface area contributed by atoms with Crippen molar-refractivity contribution in [1.82, 2.24) is 9.97 Å². The lowest BCUT2D eigenvalue weighted by molar-refractivity contribution is 0.369. The number of ether oxygens (including phenoxy) is 2. The monoisotopic (exact) mass is 265 g/mol. The van der Waals surface area contributed by atoms with Crippen LogP contribution in [0.4, 0.5) is 5.82 Å². The molecule has 0 amide bonds. The zero-order valence-corrected chi connectivity index (χ0v) is 10.7. The van der Waals surface area contributed by atoms with Crippen LogP contribution in [0.2, 0.25) is 5.02 Å². The van der Waals surface area contributed by atoms with Gasteiger partial charge in [0.1, 0.15) is 12.1 Å². The molecule has 0 saturated heterocycles. The number of nitrogens with zero attached hydrogens (tertiary/aromatic N) is 2. The number of rotatable bonds is 3. The molecule has 0 aliphatic carbocycles. The Labute approximate surface area is 110 Å². The minimum absolute atomic E-state index is 0.214. The molecule has 1 aromatic heterocycles. The Morgan fingerprint density at radius 3 is 2.72 bits per heavy atom. The first kappa shape index (κ1) is 12.4. The normalized spacial score (nSPS) is 10.2. The van der Waals surface area contributed by atoms with Crippen LogP contribution in [0, 0.1) is 6.92 Å². The SMILES string of the molecule is COc1c(N)ncnc1Oc1ccc(C)cc1Cl. The molecule has 0 fully saturated rings. The minimum Gasteiger partial charge on any atom is -0.489 e. The maximum absolute atomic E-state index is 6.07. The van der Waals surface area contributed by atoms with E-state index < -0.39 is 0 Å². The summed E-state index contributed by atoms with van der Waals surface area (Å²) in [7, 11) is 1.47. The second kappa shape index (κ2) is 5.10. The number of benzene rings is 1. The van der Waals surface area contributed by atoms with Gasteiger partial charge in [0.15, 0.2) is 5.82 Å². The van der Waals surface area contributed by atoms with Gasteiger partial charge in [-0.3, -0.25) is 0 Å². The van der Waals surface area contributed by atoms with Crippen LogP contribution in [0.1, 0.15) is 5.56 Å². The summed E-state index contributed by atoms with van der Waals surface area (Å²) in [4.78, 5) is 7.79. The predicted molar refractivity (Wildman–Crippen MR) is 69.3 cm³/mol. The molecule has 2 rings (SSSR count). The molecule has 0 spiro atoms. The highest BCUT2D eigenvalue weighted by atomic mass is 35.5. The van der Waals surface area contributed by atoms with E-state index in [2.05, 4.69) is 9.97 Å². The van der Waals surface area contributed by atoms with Crippen LogP contribution in [-0.4, -0.2) is 17.1 Å². The quantitative estimate of drug-likeness (QED) is 0.924. The van der Waals surface area contributed by atoms with Gasteiger partial charge in [-0.2, -0.15) is 4.98 Å². The summed E-state index contributed by atoms with van der Waals surface area (Å²) in [5.74, 6) is 1.22. The number of aromatic nitrogens is 2. The molecule has 94 valence electrons. The Morgan fingerprint density at radius 2 is 2.06 bits per heavy atom. The third-order valence-electron chi connectivity index (χ3n) is 2.30. The van der Waals surface area contributed by atoms with Crippen molar-refractivity contribution in [3.8, 4) is 17.4 Å². The second-order valence-corrected chi connectivity index (χ2v) is 4.04. The molecule has 0 saturated carbocycles. The molecule has 0 unspecified atom stereocenters. The third kappa shape index (κ3) is 2.46. The van der Waals surface area contributed by atoms with Gasteiger partial charge in [-0.15, -0.1) is 0 Å². The van der Waals surface area contributed by atoms with Crippen LogP contribution in [0.3, 0.4) is 0 Å². The average molecular weight is 266 g/mol. The highest BCUT2D eigenvalue weighted by Crippen LogP contribution is 2.35. The summed E-state index contributed by atoms with van der Waals surface area (Å²) in [6.07, 6.45) is 1.30. The average Bonchev–Trinajstić information content (AvgIpc) is 2.33. The second-order valence-electron chi connectivity index (χ2n) is 3.63. The van der Waals surface area contributed by atoms with Gasteiger partial charge in [0.05, 0.1) is 12.1 Å². The molecule has 0 radical (unpaired) electrons. The van der Waals surface area contributed by atoms with Gasteiger partial charge in [0.2, 0.25) is 5.75 Å². The standard InChI is InChI=1S/C12H12ClN3O2/c1-7-3-4-9(8(13)5-7)18-12-10(17-2)11(14)15-6-16-12/h3-6H,1-2H3,(H2,14,15,16). The molecule has 5 nitrogen and oxygen atoms in total. The highest BCUT2D eigenvalue weighted by molar-refractivity contribution is 6.32. The first-order valence-corrected chi connectivity index (χ1v) is 5.58.